The molecular formula is C12H25NO2S. The highest BCUT2D eigenvalue weighted by atomic mass is 32.2. The molecule has 1 N–H and O–H groups in total. The molecule has 1 unspecified atom stereocenters. The summed E-state index contributed by atoms with van der Waals surface area (Å²) in [6.45, 7) is 4.47. The van der Waals surface area contributed by atoms with E-state index in [2.05, 4.69) is 5.32 Å². The molecule has 0 aliphatic heterocycles. The first-order valence-corrected chi connectivity index (χ1v) is 8.22. The minimum Gasteiger partial charge on any atom is -0.313 e. The monoisotopic (exact) mass is 247 g/mol. The number of sulfone groups is 1. The summed E-state index contributed by atoms with van der Waals surface area (Å²) in [6, 6.07) is 0.559. The van der Waals surface area contributed by atoms with Crippen LogP contribution in [-0.4, -0.2) is 32.0 Å². The summed E-state index contributed by atoms with van der Waals surface area (Å²) in [6.07, 6.45) is 6.73. The molecule has 3 nitrogen and oxygen atoms in total. The Kier molecular flexibility index (Phi) is 5.76. The molecule has 0 aromatic rings. The number of nitrogens with one attached hydrogen (secondary N) is 1. The van der Waals surface area contributed by atoms with E-state index in [-0.39, 0.29) is 5.25 Å². The van der Waals surface area contributed by atoms with Gasteiger partial charge in [0, 0.05) is 12.6 Å². The average molecular weight is 247 g/mol. The van der Waals surface area contributed by atoms with E-state index in [1.807, 2.05) is 13.8 Å². The van der Waals surface area contributed by atoms with Crippen LogP contribution in [-0.2, 0) is 9.84 Å². The quantitative estimate of drug-likeness (QED) is 0.749. The van der Waals surface area contributed by atoms with Gasteiger partial charge in [-0.15, -0.1) is 0 Å². The van der Waals surface area contributed by atoms with Crippen molar-refractivity contribution >= 4 is 9.84 Å². The third kappa shape index (κ3) is 4.42. The standard InChI is InChI=1S/C12H25NO2S/c1-3-4-9-16(14,15)11(2)10-13-12-7-5-6-8-12/h11-13H,3-10H2,1-2H3. The normalized spacial score (nSPS) is 20.1. The lowest BCUT2D eigenvalue weighted by Crippen LogP contribution is -2.37. The largest absolute Gasteiger partial charge is 0.313 e. The van der Waals surface area contributed by atoms with Gasteiger partial charge < -0.3 is 5.32 Å². The Labute approximate surface area is 99.9 Å². The van der Waals surface area contributed by atoms with Gasteiger partial charge in [0.2, 0.25) is 0 Å². The zero-order valence-corrected chi connectivity index (χ0v) is 11.4. The lowest BCUT2D eigenvalue weighted by molar-refractivity contribution is 0.512. The van der Waals surface area contributed by atoms with Gasteiger partial charge in [-0.05, 0) is 26.2 Å². The van der Waals surface area contributed by atoms with Crippen LogP contribution in [0.25, 0.3) is 0 Å². The Morgan fingerprint density at radius 2 is 1.94 bits per heavy atom. The Morgan fingerprint density at radius 3 is 2.50 bits per heavy atom. The van der Waals surface area contributed by atoms with Crippen LogP contribution in [0.5, 0.6) is 0 Å². The van der Waals surface area contributed by atoms with Crippen molar-refractivity contribution in [3.63, 3.8) is 0 Å². The SMILES string of the molecule is CCCCS(=O)(=O)C(C)CNC1CCCC1. The van der Waals surface area contributed by atoms with E-state index in [1.54, 1.807) is 0 Å². The van der Waals surface area contributed by atoms with E-state index in [1.165, 1.54) is 25.7 Å². The molecule has 0 heterocycles. The second-order valence-electron chi connectivity index (χ2n) is 4.92. The molecule has 0 bridgehead atoms. The number of hydrogen-bond donors (Lipinski definition) is 1. The molecule has 0 spiro atoms. The molecule has 4 heteroatoms. The second-order valence-corrected chi connectivity index (χ2v) is 7.46. The highest BCUT2D eigenvalue weighted by Crippen LogP contribution is 2.17. The fourth-order valence-electron chi connectivity index (χ4n) is 2.14. The Bertz CT molecular complexity index is 281. The fourth-order valence-corrected chi connectivity index (χ4v) is 3.58. The third-order valence-electron chi connectivity index (χ3n) is 3.44. The first-order valence-electron chi connectivity index (χ1n) is 6.51. The number of rotatable bonds is 7. The van der Waals surface area contributed by atoms with Crippen LogP contribution < -0.4 is 5.32 Å². The Hall–Kier alpha value is -0.0900. The first-order chi connectivity index (χ1) is 7.56. The van der Waals surface area contributed by atoms with Gasteiger partial charge >= 0.3 is 0 Å². The summed E-state index contributed by atoms with van der Waals surface area (Å²) in [7, 11) is -2.88. The smallest absolute Gasteiger partial charge is 0.154 e. The van der Waals surface area contributed by atoms with Crippen LogP contribution in [0.4, 0.5) is 0 Å². The van der Waals surface area contributed by atoms with Crippen molar-refractivity contribution in [2.75, 3.05) is 12.3 Å². The summed E-state index contributed by atoms with van der Waals surface area (Å²) in [5.74, 6) is 0.344. The average Bonchev–Trinajstić information content (AvgIpc) is 2.75. The van der Waals surface area contributed by atoms with Crippen molar-refractivity contribution in [3.8, 4) is 0 Å². The molecule has 1 atom stereocenters. The topological polar surface area (TPSA) is 46.2 Å². The van der Waals surface area contributed by atoms with E-state index in [0.29, 0.717) is 18.3 Å². The molecule has 96 valence electrons. The zero-order chi connectivity index (χ0) is 12.0. The molecule has 0 saturated heterocycles. The predicted molar refractivity (Wildman–Crippen MR) is 68.4 cm³/mol. The minimum absolute atomic E-state index is 0.236. The van der Waals surface area contributed by atoms with Crippen molar-refractivity contribution < 1.29 is 8.42 Å². The first kappa shape index (κ1) is 14.0. The summed E-state index contributed by atoms with van der Waals surface area (Å²) < 4.78 is 23.7. The summed E-state index contributed by atoms with van der Waals surface area (Å²) in [4.78, 5) is 0. The zero-order valence-electron chi connectivity index (χ0n) is 10.5. The molecule has 0 amide bonds. The highest BCUT2D eigenvalue weighted by molar-refractivity contribution is 7.92. The van der Waals surface area contributed by atoms with Gasteiger partial charge in [0.25, 0.3) is 0 Å². The van der Waals surface area contributed by atoms with Gasteiger partial charge in [0.1, 0.15) is 0 Å². The molecule has 1 fully saturated rings. The van der Waals surface area contributed by atoms with Crippen molar-refractivity contribution in [2.45, 2.75) is 63.7 Å². The number of hydrogen-bond acceptors (Lipinski definition) is 3. The van der Waals surface area contributed by atoms with Crippen LogP contribution in [0.3, 0.4) is 0 Å². The van der Waals surface area contributed by atoms with Crippen LogP contribution in [0.15, 0.2) is 0 Å². The van der Waals surface area contributed by atoms with Crippen molar-refractivity contribution in [1.82, 2.24) is 5.32 Å². The molecule has 0 aromatic carbocycles. The summed E-state index contributed by atoms with van der Waals surface area (Å²) in [5.41, 5.74) is 0. The van der Waals surface area contributed by atoms with E-state index in [0.717, 1.165) is 12.8 Å². The lowest BCUT2D eigenvalue weighted by Gasteiger charge is -2.17. The van der Waals surface area contributed by atoms with Crippen LogP contribution in [0.1, 0.15) is 52.4 Å². The van der Waals surface area contributed by atoms with E-state index >= 15 is 0 Å². The summed E-state index contributed by atoms with van der Waals surface area (Å²) in [5, 5.41) is 3.15. The van der Waals surface area contributed by atoms with Crippen LogP contribution in [0, 0.1) is 0 Å². The maximum atomic E-state index is 11.9. The number of unbranched alkanes of at least 4 members (excludes halogenated alkanes) is 1. The second kappa shape index (κ2) is 6.60. The minimum atomic E-state index is -2.88. The maximum Gasteiger partial charge on any atom is 0.154 e. The van der Waals surface area contributed by atoms with E-state index in [9.17, 15) is 8.42 Å². The lowest BCUT2D eigenvalue weighted by atomic mass is 10.2. The molecule has 1 aliphatic rings. The van der Waals surface area contributed by atoms with Gasteiger partial charge in [0.15, 0.2) is 9.84 Å². The van der Waals surface area contributed by atoms with Crippen molar-refractivity contribution in [1.29, 1.82) is 0 Å². The van der Waals surface area contributed by atoms with Crippen LogP contribution in [0.2, 0.25) is 0 Å². The van der Waals surface area contributed by atoms with Crippen molar-refractivity contribution in [3.05, 3.63) is 0 Å². The molecule has 1 rings (SSSR count). The summed E-state index contributed by atoms with van der Waals surface area (Å²) >= 11 is 0. The Balaban J connectivity index is 2.29. The molecule has 0 radical (unpaired) electrons. The van der Waals surface area contributed by atoms with E-state index < -0.39 is 9.84 Å². The van der Waals surface area contributed by atoms with Crippen molar-refractivity contribution in [2.24, 2.45) is 0 Å². The molecule has 16 heavy (non-hydrogen) atoms. The van der Waals surface area contributed by atoms with E-state index in [4.69, 9.17) is 0 Å². The molecule has 1 aliphatic carbocycles. The predicted octanol–water partition coefficient (Wildman–Crippen LogP) is 2.12. The Morgan fingerprint density at radius 1 is 1.31 bits per heavy atom. The van der Waals surface area contributed by atoms with Gasteiger partial charge in [-0.1, -0.05) is 26.2 Å². The molecule has 1 saturated carbocycles. The fraction of sp³-hybridized carbons (Fsp3) is 1.00. The maximum absolute atomic E-state index is 11.9. The third-order valence-corrected chi connectivity index (χ3v) is 5.70. The van der Waals surface area contributed by atoms with Gasteiger partial charge in [-0.25, -0.2) is 8.42 Å². The van der Waals surface area contributed by atoms with Crippen LogP contribution >= 0.6 is 0 Å². The molecular weight excluding hydrogens is 222 g/mol. The van der Waals surface area contributed by atoms with Gasteiger partial charge in [-0.2, -0.15) is 0 Å². The van der Waals surface area contributed by atoms with Gasteiger partial charge in [0.05, 0.1) is 11.0 Å². The van der Waals surface area contributed by atoms with Gasteiger partial charge in [-0.3, -0.25) is 0 Å². The highest BCUT2D eigenvalue weighted by Gasteiger charge is 2.22. The molecule has 0 aromatic heterocycles.